The smallest absolute Gasteiger partial charge is 0.322 e. The average molecular weight is 361 g/mol. The number of nitrogens with one attached hydrogen (secondary N) is 1. The van der Waals surface area contributed by atoms with Gasteiger partial charge in [0.25, 0.3) is 0 Å². The fraction of sp³-hybridized carbons (Fsp3) is 0.389. The van der Waals surface area contributed by atoms with Crippen LogP contribution in [0.1, 0.15) is 30.1 Å². The second kappa shape index (κ2) is 6.92. The van der Waals surface area contributed by atoms with E-state index >= 15 is 0 Å². The Morgan fingerprint density at radius 3 is 2.76 bits per heavy atom. The first-order valence-corrected chi connectivity index (χ1v) is 10.3. The number of rotatable bonds is 4. The van der Waals surface area contributed by atoms with Gasteiger partial charge in [-0.1, -0.05) is 12.1 Å². The summed E-state index contributed by atoms with van der Waals surface area (Å²) in [5.74, 6) is -0.0353. The third-order valence-electron chi connectivity index (χ3n) is 4.45. The minimum absolute atomic E-state index is 0.0353. The number of likely N-dealkylation sites (tertiary alicyclic amines) is 1. The number of hydrogen-bond donors (Lipinski definition) is 1. The summed E-state index contributed by atoms with van der Waals surface area (Å²) >= 11 is 0. The predicted octanol–water partition coefficient (Wildman–Crippen LogP) is 2.94. The molecule has 1 aliphatic heterocycles. The van der Waals surface area contributed by atoms with Gasteiger partial charge in [0, 0.05) is 37.4 Å². The summed E-state index contributed by atoms with van der Waals surface area (Å²) in [6.45, 7) is 0.713. The Morgan fingerprint density at radius 1 is 1.28 bits per heavy atom. The topological polar surface area (TPSA) is 71.4 Å². The Balaban J connectivity index is 1.74. The lowest BCUT2D eigenvalue weighted by molar-refractivity contribution is 0.205. The first-order chi connectivity index (χ1) is 11.8. The maximum absolute atomic E-state index is 12.7. The fourth-order valence-corrected chi connectivity index (χ4v) is 4.16. The van der Waals surface area contributed by atoms with Crippen molar-refractivity contribution in [2.24, 2.45) is 7.05 Å². The standard InChI is InChI=1S/C18H23N3O3S/c1-20-10-4-8-16(20)17-9-5-11-21(17)18(22)19-15-7-3-6-14(12-15)13-25(2,23)24/h3-4,6-8,10,12,17H,5,9,11,13H2,1-2H3,(H,19,22)/t17-/m1/s1. The van der Waals surface area contributed by atoms with Crippen LogP contribution in [0.15, 0.2) is 42.6 Å². The molecule has 1 fully saturated rings. The molecule has 1 aromatic heterocycles. The van der Waals surface area contributed by atoms with Gasteiger partial charge < -0.3 is 14.8 Å². The van der Waals surface area contributed by atoms with Crippen molar-refractivity contribution >= 4 is 21.6 Å². The Bertz CT molecular complexity index is 873. The van der Waals surface area contributed by atoms with Crippen LogP contribution in [-0.4, -0.2) is 36.7 Å². The maximum atomic E-state index is 12.7. The van der Waals surface area contributed by atoms with E-state index < -0.39 is 9.84 Å². The molecule has 0 spiro atoms. The van der Waals surface area contributed by atoms with E-state index in [0.717, 1.165) is 18.5 Å². The van der Waals surface area contributed by atoms with Gasteiger partial charge in [0.2, 0.25) is 0 Å². The van der Waals surface area contributed by atoms with Crippen molar-refractivity contribution in [1.29, 1.82) is 0 Å². The lowest BCUT2D eigenvalue weighted by atomic mass is 10.1. The molecule has 0 saturated carbocycles. The first kappa shape index (κ1) is 17.5. The highest BCUT2D eigenvalue weighted by atomic mass is 32.2. The van der Waals surface area contributed by atoms with Gasteiger partial charge in [-0.05, 0) is 42.7 Å². The van der Waals surface area contributed by atoms with Crippen molar-refractivity contribution in [3.05, 3.63) is 53.9 Å². The van der Waals surface area contributed by atoms with Gasteiger partial charge in [0.1, 0.15) is 0 Å². The van der Waals surface area contributed by atoms with Crippen LogP contribution in [0.4, 0.5) is 10.5 Å². The molecule has 0 bridgehead atoms. The Kier molecular flexibility index (Phi) is 4.85. The van der Waals surface area contributed by atoms with Gasteiger partial charge in [-0.25, -0.2) is 13.2 Å². The minimum atomic E-state index is -3.11. The van der Waals surface area contributed by atoms with Gasteiger partial charge >= 0.3 is 6.03 Å². The van der Waals surface area contributed by atoms with Gasteiger partial charge in [0.15, 0.2) is 9.84 Å². The molecule has 1 aliphatic rings. The van der Waals surface area contributed by atoms with E-state index in [2.05, 4.69) is 5.32 Å². The molecule has 0 aliphatic carbocycles. The van der Waals surface area contributed by atoms with Crippen molar-refractivity contribution in [1.82, 2.24) is 9.47 Å². The quantitative estimate of drug-likeness (QED) is 0.910. The third kappa shape index (κ3) is 4.22. The maximum Gasteiger partial charge on any atom is 0.322 e. The van der Waals surface area contributed by atoms with E-state index in [4.69, 9.17) is 0 Å². The van der Waals surface area contributed by atoms with E-state index in [1.165, 1.54) is 6.26 Å². The number of carbonyl (C=O) groups excluding carboxylic acids is 1. The van der Waals surface area contributed by atoms with Gasteiger partial charge in [0.05, 0.1) is 11.8 Å². The number of sulfone groups is 1. The monoisotopic (exact) mass is 361 g/mol. The number of nitrogens with zero attached hydrogens (tertiary/aromatic N) is 2. The molecule has 134 valence electrons. The molecule has 0 radical (unpaired) electrons. The number of aryl methyl sites for hydroxylation is 1. The van der Waals surface area contributed by atoms with Crippen molar-refractivity contribution < 1.29 is 13.2 Å². The second-order valence-corrected chi connectivity index (χ2v) is 8.74. The summed E-state index contributed by atoms with van der Waals surface area (Å²) in [6, 6.07) is 10.9. The Morgan fingerprint density at radius 2 is 2.08 bits per heavy atom. The SMILES string of the molecule is Cn1cccc1[C@H]1CCCN1C(=O)Nc1cccc(CS(C)(=O)=O)c1. The molecule has 2 aromatic rings. The van der Waals surface area contributed by atoms with Gasteiger partial charge in [-0.3, -0.25) is 0 Å². The van der Waals surface area contributed by atoms with E-state index in [9.17, 15) is 13.2 Å². The highest BCUT2D eigenvalue weighted by molar-refractivity contribution is 7.89. The third-order valence-corrected chi connectivity index (χ3v) is 5.30. The van der Waals surface area contributed by atoms with E-state index in [1.54, 1.807) is 24.3 Å². The summed E-state index contributed by atoms with van der Waals surface area (Å²) in [5, 5.41) is 2.90. The highest BCUT2D eigenvalue weighted by Crippen LogP contribution is 2.32. The molecule has 1 N–H and O–H groups in total. The van der Waals surface area contributed by atoms with Crippen LogP contribution in [0.25, 0.3) is 0 Å². The lowest BCUT2D eigenvalue weighted by Crippen LogP contribution is -2.35. The van der Waals surface area contributed by atoms with Crippen molar-refractivity contribution in [2.75, 3.05) is 18.1 Å². The zero-order valence-corrected chi connectivity index (χ0v) is 15.3. The highest BCUT2D eigenvalue weighted by Gasteiger charge is 2.31. The zero-order valence-electron chi connectivity index (χ0n) is 14.5. The molecule has 3 rings (SSSR count). The Labute approximate surface area is 148 Å². The summed E-state index contributed by atoms with van der Waals surface area (Å²) in [4.78, 5) is 14.6. The van der Waals surface area contributed by atoms with Gasteiger partial charge in [-0.2, -0.15) is 0 Å². The minimum Gasteiger partial charge on any atom is -0.353 e. The number of aromatic nitrogens is 1. The molecule has 2 amide bonds. The van der Waals surface area contributed by atoms with Crippen molar-refractivity contribution in [3.63, 3.8) is 0 Å². The van der Waals surface area contributed by atoms with Crippen LogP contribution in [0.2, 0.25) is 0 Å². The molecule has 0 unspecified atom stereocenters. The molecular weight excluding hydrogens is 338 g/mol. The predicted molar refractivity (Wildman–Crippen MR) is 98.1 cm³/mol. The zero-order chi connectivity index (χ0) is 18.0. The number of amides is 2. The first-order valence-electron chi connectivity index (χ1n) is 8.29. The fourth-order valence-electron chi connectivity index (χ4n) is 3.37. The van der Waals surface area contributed by atoms with E-state index in [0.29, 0.717) is 17.8 Å². The number of hydrogen-bond acceptors (Lipinski definition) is 3. The summed E-state index contributed by atoms with van der Waals surface area (Å²) < 4.78 is 24.9. The molecule has 1 saturated heterocycles. The largest absolute Gasteiger partial charge is 0.353 e. The molecule has 25 heavy (non-hydrogen) atoms. The van der Waals surface area contributed by atoms with Crippen molar-refractivity contribution in [3.8, 4) is 0 Å². The second-order valence-electron chi connectivity index (χ2n) is 6.60. The van der Waals surface area contributed by atoms with Crippen LogP contribution >= 0.6 is 0 Å². The summed E-state index contributed by atoms with van der Waals surface area (Å²) in [6.07, 6.45) is 5.10. The summed E-state index contributed by atoms with van der Waals surface area (Å²) in [5.41, 5.74) is 2.41. The lowest BCUT2D eigenvalue weighted by Gasteiger charge is -2.25. The Hall–Kier alpha value is -2.28. The van der Waals surface area contributed by atoms with E-state index in [-0.39, 0.29) is 17.8 Å². The van der Waals surface area contributed by atoms with Crippen molar-refractivity contribution in [2.45, 2.75) is 24.6 Å². The van der Waals surface area contributed by atoms with Crippen LogP contribution in [-0.2, 0) is 22.6 Å². The van der Waals surface area contributed by atoms with Gasteiger partial charge in [-0.15, -0.1) is 0 Å². The number of anilines is 1. The average Bonchev–Trinajstić information content (AvgIpc) is 3.13. The van der Waals surface area contributed by atoms with Crippen LogP contribution in [0.3, 0.4) is 0 Å². The molecule has 6 nitrogen and oxygen atoms in total. The summed E-state index contributed by atoms with van der Waals surface area (Å²) in [7, 11) is -1.12. The van der Waals surface area contributed by atoms with Crippen LogP contribution in [0, 0.1) is 0 Å². The van der Waals surface area contributed by atoms with E-state index in [1.807, 2.05) is 34.8 Å². The molecule has 1 atom stereocenters. The normalized spacial score (nSPS) is 17.7. The number of carbonyl (C=O) groups is 1. The molecule has 2 heterocycles. The molecular formula is C18H23N3O3S. The van der Waals surface area contributed by atoms with Crippen LogP contribution < -0.4 is 5.32 Å². The number of benzene rings is 1. The molecule has 1 aromatic carbocycles. The molecule has 7 heteroatoms. The number of urea groups is 1. The van der Waals surface area contributed by atoms with Crippen LogP contribution in [0.5, 0.6) is 0 Å².